The van der Waals surface area contributed by atoms with Crippen LogP contribution >= 0.6 is 0 Å². The molecule has 17 heavy (non-hydrogen) atoms. The normalized spacial score (nSPS) is 26.0. The first-order valence-corrected chi connectivity index (χ1v) is 5.72. The van der Waals surface area contributed by atoms with Crippen molar-refractivity contribution >= 4 is 13.5 Å². The molecule has 0 saturated carbocycles. The summed E-state index contributed by atoms with van der Waals surface area (Å²) in [7, 11) is 5.75. The second kappa shape index (κ2) is 5.06. The molecule has 3 nitrogen and oxygen atoms in total. The highest BCUT2D eigenvalue weighted by Crippen LogP contribution is 2.17. The topological polar surface area (TPSA) is 38.5 Å². The highest BCUT2D eigenvalue weighted by Gasteiger charge is 2.22. The number of nitrogen functional groups attached to an aromatic ring is 1. The largest absolute Gasteiger partial charge is 0.399 e. The molecule has 0 amide bonds. The summed E-state index contributed by atoms with van der Waals surface area (Å²) in [5.41, 5.74) is 6.59. The molecule has 1 aliphatic rings. The molecule has 1 aromatic rings. The molecule has 1 aromatic carbocycles. The summed E-state index contributed by atoms with van der Waals surface area (Å²) in [5, 5.41) is 0. The maximum absolute atomic E-state index is 13.6. The minimum atomic E-state index is -0.296. The van der Waals surface area contributed by atoms with Crippen LogP contribution < -0.4 is 5.73 Å². The number of morpholine rings is 1. The average Bonchev–Trinajstić information content (AvgIpc) is 2.21. The Hall–Kier alpha value is -1.07. The molecule has 2 rings (SSSR count). The molecule has 2 radical (unpaired) electrons. The number of nitrogens with two attached hydrogens (primary N) is 1. The average molecular weight is 234 g/mol. The van der Waals surface area contributed by atoms with Crippen molar-refractivity contribution in [3.8, 4) is 0 Å². The van der Waals surface area contributed by atoms with Gasteiger partial charge in [0, 0.05) is 36.9 Å². The maximum Gasteiger partial charge on any atom is 0.129 e. The van der Waals surface area contributed by atoms with E-state index in [0.29, 0.717) is 24.3 Å². The number of hydrogen-bond donors (Lipinski definition) is 1. The van der Waals surface area contributed by atoms with Gasteiger partial charge in [0.1, 0.15) is 13.7 Å². The first kappa shape index (κ1) is 12.4. The quantitative estimate of drug-likeness (QED) is 0.615. The van der Waals surface area contributed by atoms with E-state index < -0.39 is 0 Å². The molecule has 90 valence electrons. The second-order valence-corrected chi connectivity index (χ2v) is 4.53. The molecule has 2 N–H and O–H groups in total. The van der Waals surface area contributed by atoms with E-state index in [2.05, 4.69) is 4.90 Å². The van der Waals surface area contributed by atoms with Gasteiger partial charge < -0.3 is 10.5 Å². The highest BCUT2D eigenvalue weighted by atomic mass is 19.1. The Balaban J connectivity index is 2.04. The van der Waals surface area contributed by atoms with Crippen LogP contribution in [0.25, 0.3) is 0 Å². The number of nitrogens with zero attached hydrogens (tertiary/aromatic N) is 1. The van der Waals surface area contributed by atoms with Gasteiger partial charge in [0.25, 0.3) is 0 Å². The Labute approximate surface area is 102 Å². The summed E-state index contributed by atoms with van der Waals surface area (Å²) >= 11 is 0. The Bertz CT molecular complexity index is 392. The number of halogens is 1. The van der Waals surface area contributed by atoms with Gasteiger partial charge in [-0.25, -0.2) is 4.39 Å². The van der Waals surface area contributed by atoms with Gasteiger partial charge in [-0.05, 0) is 19.1 Å². The lowest BCUT2D eigenvalue weighted by Gasteiger charge is -2.35. The first-order valence-electron chi connectivity index (χ1n) is 5.72. The summed E-state index contributed by atoms with van der Waals surface area (Å²) in [5.74, 6) is -0.266. The predicted octanol–water partition coefficient (Wildman–Crippen LogP) is 1.12. The lowest BCUT2D eigenvalue weighted by Crippen LogP contribution is -2.46. The van der Waals surface area contributed by atoms with E-state index >= 15 is 0 Å². The van der Waals surface area contributed by atoms with Gasteiger partial charge in [0.2, 0.25) is 0 Å². The molecular formula is C12H16BFN2O. The third-order valence-corrected chi connectivity index (χ3v) is 2.83. The summed E-state index contributed by atoms with van der Waals surface area (Å²) < 4.78 is 19.1. The fraction of sp³-hybridized carbons (Fsp3) is 0.500. The van der Waals surface area contributed by atoms with Gasteiger partial charge >= 0.3 is 0 Å². The van der Waals surface area contributed by atoms with Crippen molar-refractivity contribution in [1.29, 1.82) is 0 Å². The van der Waals surface area contributed by atoms with Gasteiger partial charge in [0.05, 0.1) is 6.10 Å². The molecule has 1 aliphatic heterocycles. The third-order valence-electron chi connectivity index (χ3n) is 2.83. The minimum absolute atomic E-state index is 0.0793. The van der Waals surface area contributed by atoms with E-state index in [1.165, 1.54) is 6.07 Å². The van der Waals surface area contributed by atoms with E-state index in [1.807, 2.05) is 6.92 Å². The van der Waals surface area contributed by atoms with Crippen LogP contribution in [0.5, 0.6) is 0 Å². The van der Waals surface area contributed by atoms with E-state index in [-0.39, 0.29) is 17.9 Å². The van der Waals surface area contributed by atoms with Crippen LogP contribution in [0.1, 0.15) is 12.5 Å². The molecule has 2 atom stereocenters. The highest BCUT2D eigenvalue weighted by molar-refractivity contribution is 6.11. The van der Waals surface area contributed by atoms with E-state index in [9.17, 15) is 4.39 Å². The molecule has 1 saturated heterocycles. The summed E-state index contributed by atoms with van der Waals surface area (Å²) in [4.78, 5) is 2.09. The van der Waals surface area contributed by atoms with Crippen LogP contribution in [0, 0.1) is 5.82 Å². The number of hydrogen-bond acceptors (Lipinski definition) is 3. The standard InChI is InChI=1S/C12H16BFN2O/c1-8-5-16(7-12(13)17-8)6-9-2-3-10(15)4-11(9)14/h2-4,8,12H,5-7,15H2,1H3/t8-,12+/m0/s1. The van der Waals surface area contributed by atoms with Crippen molar-refractivity contribution in [3.63, 3.8) is 0 Å². The van der Waals surface area contributed by atoms with Crippen LogP contribution in [0.15, 0.2) is 18.2 Å². The van der Waals surface area contributed by atoms with Gasteiger partial charge in [-0.3, -0.25) is 4.90 Å². The van der Waals surface area contributed by atoms with Crippen LogP contribution in [0.2, 0.25) is 0 Å². The molecule has 0 bridgehead atoms. The fourth-order valence-electron chi connectivity index (χ4n) is 2.14. The molecule has 0 aliphatic carbocycles. The Morgan fingerprint density at radius 3 is 2.94 bits per heavy atom. The lowest BCUT2D eigenvalue weighted by atomic mass is 9.97. The van der Waals surface area contributed by atoms with Crippen LogP contribution in [-0.4, -0.2) is 37.9 Å². The SMILES string of the molecule is [B][C@H]1CN(Cc2ccc(N)cc2F)C[C@H](C)O1. The molecule has 1 heterocycles. The van der Waals surface area contributed by atoms with Gasteiger partial charge in [0.15, 0.2) is 0 Å². The van der Waals surface area contributed by atoms with Crippen molar-refractivity contribution in [2.75, 3.05) is 18.8 Å². The minimum Gasteiger partial charge on any atom is -0.399 e. The summed E-state index contributed by atoms with van der Waals surface area (Å²) in [6.45, 7) is 3.88. The van der Waals surface area contributed by atoms with Gasteiger partial charge in [-0.1, -0.05) is 6.07 Å². The summed E-state index contributed by atoms with van der Waals surface area (Å²) in [6, 6.07) is 4.48. The Morgan fingerprint density at radius 2 is 2.29 bits per heavy atom. The molecule has 0 aromatic heterocycles. The van der Waals surface area contributed by atoms with Crippen LogP contribution in [0.4, 0.5) is 10.1 Å². The van der Waals surface area contributed by atoms with Crippen molar-refractivity contribution in [1.82, 2.24) is 4.90 Å². The summed E-state index contributed by atoms with van der Waals surface area (Å²) in [6.07, 6.45) is 0.0793. The zero-order valence-electron chi connectivity index (χ0n) is 9.90. The second-order valence-electron chi connectivity index (χ2n) is 4.53. The van der Waals surface area contributed by atoms with Crippen molar-refractivity contribution in [2.24, 2.45) is 0 Å². The molecule has 1 fully saturated rings. The molecule has 0 unspecified atom stereocenters. The van der Waals surface area contributed by atoms with E-state index in [4.69, 9.17) is 18.3 Å². The van der Waals surface area contributed by atoms with Crippen LogP contribution in [0.3, 0.4) is 0 Å². The van der Waals surface area contributed by atoms with Gasteiger partial charge in [-0.15, -0.1) is 0 Å². The molecule has 0 spiro atoms. The molecular weight excluding hydrogens is 218 g/mol. The van der Waals surface area contributed by atoms with Crippen molar-refractivity contribution < 1.29 is 9.13 Å². The van der Waals surface area contributed by atoms with E-state index in [0.717, 1.165) is 6.54 Å². The van der Waals surface area contributed by atoms with Gasteiger partial charge in [-0.2, -0.15) is 0 Å². The monoisotopic (exact) mass is 234 g/mol. The van der Waals surface area contributed by atoms with E-state index in [1.54, 1.807) is 12.1 Å². The fourth-order valence-corrected chi connectivity index (χ4v) is 2.14. The van der Waals surface area contributed by atoms with Crippen molar-refractivity contribution in [3.05, 3.63) is 29.6 Å². The third kappa shape index (κ3) is 3.20. The zero-order valence-corrected chi connectivity index (χ0v) is 9.90. The first-order chi connectivity index (χ1) is 8.04. The smallest absolute Gasteiger partial charge is 0.129 e. The Morgan fingerprint density at radius 1 is 1.53 bits per heavy atom. The maximum atomic E-state index is 13.6. The van der Waals surface area contributed by atoms with Crippen molar-refractivity contribution in [2.45, 2.75) is 25.6 Å². The number of rotatable bonds is 2. The Kier molecular flexibility index (Phi) is 3.69. The predicted molar refractivity (Wildman–Crippen MR) is 66.2 cm³/mol. The number of anilines is 1. The van der Waals surface area contributed by atoms with Crippen LogP contribution in [-0.2, 0) is 11.3 Å². The molecule has 5 heteroatoms. The lowest BCUT2D eigenvalue weighted by molar-refractivity contribution is -0.0429. The number of ether oxygens (including phenoxy) is 1. The number of benzene rings is 1. The zero-order chi connectivity index (χ0) is 12.4.